The second kappa shape index (κ2) is 8.37. The topological polar surface area (TPSA) is 94.5 Å². The van der Waals surface area contributed by atoms with E-state index in [4.69, 9.17) is 10.00 Å². The van der Waals surface area contributed by atoms with Crippen LogP contribution in [0.5, 0.6) is 5.75 Å². The minimum Gasteiger partial charge on any atom is -0.481 e. The maximum Gasteiger partial charge on any atom is 0.323 e. The fourth-order valence-electron chi connectivity index (χ4n) is 3.18. The van der Waals surface area contributed by atoms with Crippen molar-refractivity contribution in [3.8, 4) is 11.8 Å². The van der Waals surface area contributed by atoms with Gasteiger partial charge in [0, 0.05) is 17.4 Å². The van der Waals surface area contributed by atoms with Crippen LogP contribution in [0.1, 0.15) is 11.1 Å². The smallest absolute Gasteiger partial charge is 0.323 e. The molecular weight excluding hydrogens is 380 g/mol. The van der Waals surface area contributed by atoms with E-state index in [1.54, 1.807) is 47.4 Å². The highest BCUT2D eigenvalue weighted by atomic mass is 16.5. The Bertz CT molecular complexity index is 1140. The number of carbonyl (C=O) groups is 2. The quantitative estimate of drug-likeness (QED) is 0.691. The molecule has 1 aliphatic heterocycles. The van der Waals surface area contributed by atoms with Gasteiger partial charge >= 0.3 is 6.03 Å². The zero-order chi connectivity index (χ0) is 20.9. The van der Waals surface area contributed by atoms with E-state index < -0.39 is 6.03 Å². The molecule has 148 valence electrons. The molecule has 0 saturated carbocycles. The Labute approximate surface area is 173 Å². The predicted octanol–water partition coefficient (Wildman–Crippen LogP) is 4.13. The number of ether oxygens (including phenoxy) is 1. The first-order valence-corrected chi connectivity index (χ1v) is 9.32. The van der Waals surface area contributed by atoms with Gasteiger partial charge in [0.05, 0.1) is 23.9 Å². The van der Waals surface area contributed by atoms with Crippen LogP contribution in [0.3, 0.4) is 0 Å². The summed E-state index contributed by atoms with van der Waals surface area (Å²) in [4.78, 5) is 26.3. The van der Waals surface area contributed by atoms with Gasteiger partial charge < -0.3 is 20.3 Å². The molecule has 0 radical (unpaired) electrons. The van der Waals surface area contributed by atoms with E-state index >= 15 is 0 Å². The van der Waals surface area contributed by atoms with Gasteiger partial charge in [0.25, 0.3) is 5.91 Å². The standard InChI is InChI=1S/C23H18N4O3/c24-13-17-7-4-8-18(11-17)25-23(29)26-19-9-10-20-21(12-19)30-15-22(28)27(20)14-16-5-2-1-3-6-16/h1-12H,14-15H2,(H2,25,26,29). The molecular formula is C23H18N4O3. The van der Waals surface area contributed by atoms with Gasteiger partial charge in [-0.3, -0.25) is 4.79 Å². The number of nitriles is 1. The average Bonchev–Trinajstić information content (AvgIpc) is 2.76. The average molecular weight is 398 g/mol. The Kier molecular flexibility index (Phi) is 5.31. The molecule has 7 nitrogen and oxygen atoms in total. The van der Waals surface area contributed by atoms with Crippen LogP contribution in [-0.2, 0) is 11.3 Å². The highest BCUT2D eigenvalue weighted by Crippen LogP contribution is 2.35. The van der Waals surface area contributed by atoms with Crippen LogP contribution >= 0.6 is 0 Å². The first kappa shape index (κ1) is 19.0. The van der Waals surface area contributed by atoms with Crippen LogP contribution < -0.4 is 20.3 Å². The third-order valence-corrected chi connectivity index (χ3v) is 4.59. The van der Waals surface area contributed by atoms with Crippen molar-refractivity contribution in [1.82, 2.24) is 0 Å². The lowest BCUT2D eigenvalue weighted by molar-refractivity contribution is -0.121. The molecule has 0 spiro atoms. The number of hydrogen-bond acceptors (Lipinski definition) is 4. The molecule has 3 aromatic carbocycles. The molecule has 4 rings (SSSR count). The summed E-state index contributed by atoms with van der Waals surface area (Å²) in [6.07, 6.45) is 0. The zero-order valence-corrected chi connectivity index (χ0v) is 16.0. The zero-order valence-electron chi connectivity index (χ0n) is 16.0. The van der Waals surface area contributed by atoms with Gasteiger partial charge in [0.15, 0.2) is 6.61 Å². The van der Waals surface area contributed by atoms with Gasteiger partial charge in [0.1, 0.15) is 5.75 Å². The third-order valence-electron chi connectivity index (χ3n) is 4.59. The lowest BCUT2D eigenvalue weighted by atomic mass is 10.1. The minimum atomic E-state index is -0.446. The van der Waals surface area contributed by atoms with Crippen molar-refractivity contribution in [2.45, 2.75) is 6.54 Å². The Morgan fingerprint density at radius 2 is 1.77 bits per heavy atom. The van der Waals surface area contributed by atoms with Gasteiger partial charge in [-0.2, -0.15) is 5.26 Å². The van der Waals surface area contributed by atoms with Crippen LogP contribution in [0.2, 0.25) is 0 Å². The van der Waals surface area contributed by atoms with E-state index in [0.29, 0.717) is 34.9 Å². The highest BCUT2D eigenvalue weighted by Gasteiger charge is 2.26. The monoisotopic (exact) mass is 398 g/mol. The molecule has 30 heavy (non-hydrogen) atoms. The maximum atomic E-state index is 12.4. The molecule has 3 aromatic rings. The summed E-state index contributed by atoms with van der Waals surface area (Å²) in [6, 6.07) is 23.1. The molecule has 1 heterocycles. The normalized spacial score (nSPS) is 12.4. The molecule has 0 atom stereocenters. The van der Waals surface area contributed by atoms with Crippen LogP contribution in [0.25, 0.3) is 0 Å². The molecule has 0 bridgehead atoms. The second-order valence-electron chi connectivity index (χ2n) is 6.71. The highest BCUT2D eigenvalue weighted by molar-refractivity contribution is 6.01. The fourth-order valence-corrected chi connectivity index (χ4v) is 3.18. The number of nitrogens with zero attached hydrogens (tertiary/aromatic N) is 2. The Morgan fingerprint density at radius 3 is 2.53 bits per heavy atom. The van der Waals surface area contributed by atoms with E-state index in [1.165, 1.54) is 0 Å². The number of anilines is 3. The van der Waals surface area contributed by atoms with Gasteiger partial charge in [0.2, 0.25) is 0 Å². The summed E-state index contributed by atoms with van der Waals surface area (Å²) in [5.74, 6) is 0.400. The van der Waals surface area contributed by atoms with E-state index in [0.717, 1.165) is 5.56 Å². The Hall–Kier alpha value is -4.31. The lowest BCUT2D eigenvalue weighted by Gasteiger charge is -2.29. The van der Waals surface area contributed by atoms with E-state index in [9.17, 15) is 9.59 Å². The molecule has 0 saturated heterocycles. The van der Waals surface area contributed by atoms with Gasteiger partial charge in [-0.15, -0.1) is 0 Å². The van der Waals surface area contributed by atoms with Crippen LogP contribution in [-0.4, -0.2) is 18.5 Å². The van der Waals surface area contributed by atoms with Crippen molar-refractivity contribution < 1.29 is 14.3 Å². The second-order valence-corrected chi connectivity index (χ2v) is 6.71. The summed E-state index contributed by atoms with van der Waals surface area (Å²) >= 11 is 0. The molecule has 3 amide bonds. The van der Waals surface area contributed by atoms with E-state index in [-0.39, 0.29) is 12.5 Å². The predicted molar refractivity (Wildman–Crippen MR) is 113 cm³/mol. The minimum absolute atomic E-state index is 0.0591. The molecule has 0 aromatic heterocycles. The maximum absolute atomic E-state index is 12.4. The number of nitrogens with one attached hydrogen (secondary N) is 2. The van der Waals surface area contributed by atoms with Crippen molar-refractivity contribution in [3.63, 3.8) is 0 Å². The Balaban J connectivity index is 1.48. The van der Waals surface area contributed by atoms with Crippen molar-refractivity contribution in [3.05, 3.63) is 83.9 Å². The first-order valence-electron chi connectivity index (χ1n) is 9.32. The number of rotatable bonds is 4. The van der Waals surface area contributed by atoms with Crippen LogP contribution in [0, 0.1) is 11.3 Å². The number of carbonyl (C=O) groups excluding carboxylic acids is 2. The Morgan fingerprint density at radius 1 is 1.00 bits per heavy atom. The van der Waals surface area contributed by atoms with Crippen molar-refractivity contribution >= 4 is 29.0 Å². The number of urea groups is 1. The fraction of sp³-hybridized carbons (Fsp3) is 0.0870. The van der Waals surface area contributed by atoms with Gasteiger partial charge in [-0.1, -0.05) is 36.4 Å². The van der Waals surface area contributed by atoms with Crippen molar-refractivity contribution in [1.29, 1.82) is 5.26 Å². The van der Waals surface area contributed by atoms with Gasteiger partial charge in [-0.25, -0.2) is 4.79 Å². The van der Waals surface area contributed by atoms with Crippen LogP contribution in [0.15, 0.2) is 72.8 Å². The molecule has 7 heteroatoms. The van der Waals surface area contributed by atoms with Crippen LogP contribution in [0.4, 0.5) is 21.9 Å². The first-order chi connectivity index (χ1) is 14.6. The summed E-state index contributed by atoms with van der Waals surface area (Å²) in [6.45, 7) is 0.384. The molecule has 0 unspecified atom stereocenters. The summed E-state index contributed by atoms with van der Waals surface area (Å²) in [7, 11) is 0. The summed E-state index contributed by atoms with van der Waals surface area (Å²) in [5, 5.41) is 14.4. The molecule has 1 aliphatic rings. The summed E-state index contributed by atoms with van der Waals surface area (Å²) < 4.78 is 5.58. The van der Waals surface area contributed by atoms with E-state index in [1.807, 2.05) is 36.4 Å². The van der Waals surface area contributed by atoms with E-state index in [2.05, 4.69) is 10.6 Å². The van der Waals surface area contributed by atoms with Crippen molar-refractivity contribution in [2.24, 2.45) is 0 Å². The van der Waals surface area contributed by atoms with Crippen molar-refractivity contribution in [2.75, 3.05) is 22.1 Å². The largest absolute Gasteiger partial charge is 0.481 e. The summed E-state index contributed by atoms with van der Waals surface area (Å²) in [5.41, 5.74) is 3.16. The third kappa shape index (κ3) is 4.23. The molecule has 0 fully saturated rings. The number of amides is 3. The van der Waals surface area contributed by atoms with Gasteiger partial charge in [-0.05, 0) is 35.9 Å². The number of benzene rings is 3. The molecule has 2 N–H and O–H groups in total. The number of hydrogen-bond donors (Lipinski definition) is 2. The number of fused-ring (bicyclic) bond motifs is 1. The lowest BCUT2D eigenvalue weighted by Crippen LogP contribution is -2.38. The molecule has 0 aliphatic carbocycles. The SMILES string of the molecule is N#Cc1cccc(NC(=O)Nc2ccc3c(c2)OCC(=O)N3Cc2ccccc2)c1.